The highest BCUT2D eigenvalue weighted by molar-refractivity contribution is 7.13. The van der Waals surface area contributed by atoms with Gasteiger partial charge in [-0.25, -0.2) is 9.55 Å². The molecule has 0 atom stereocenters. The number of carboxylic acid groups (broad SMARTS) is 1. The van der Waals surface area contributed by atoms with E-state index in [4.69, 9.17) is 5.11 Å². The molecule has 4 nitrogen and oxygen atoms in total. The summed E-state index contributed by atoms with van der Waals surface area (Å²) in [4.78, 5) is 15.1. The molecule has 0 radical (unpaired) electrons. The van der Waals surface area contributed by atoms with Gasteiger partial charge in [0.15, 0.2) is 18.9 Å². The minimum atomic E-state index is -0.855. The predicted molar refractivity (Wildman–Crippen MR) is 84.6 cm³/mol. The number of carbonyl (C=O) groups is 1. The molecule has 3 rings (SSSR count). The average molecular weight is 311 g/mol. The number of pyridine rings is 1. The Morgan fingerprint density at radius 1 is 1.14 bits per heavy atom. The first-order valence-electron chi connectivity index (χ1n) is 6.90. The summed E-state index contributed by atoms with van der Waals surface area (Å²) in [6.45, 7) is 0.823. The van der Waals surface area contributed by atoms with E-state index in [0.29, 0.717) is 5.69 Å². The van der Waals surface area contributed by atoms with Gasteiger partial charge < -0.3 is 5.11 Å². The minimum absolute atomic E-state index is 0.0285. The van der Waals surface area contributed by atoms with Crippen LogP contribution < -0.4 is 4.57 Å². The van der Waals surface area contributed by atoms with Gasteiger partial charge in [-0.1, -0.05) is 30.3 Å². The van der Waals surface area contributed by atoms with Gasteiger partial charge in [-0.15, -0.1) is 11.3 Å². The minimum Gasteiger partial charge on any atom is -0.481 e. The average Bonchev–Trinajstić information content (AvgIpc) is 2.97. The number of nitrogens with zero attached hydrogens (tertiary/aromatic N) is 2. The van der Waals surface area contributed by atoms with E-state index in [1.165, 1.54) is 16.9 Å². The van der Waals surface area contributed by atoms with Crippen molar-refractivity contribution in [2.45, 2.75) is 13.0 Å². The molecule has 0 aliphatic heterocycles. The Kier molecular flexibility index (Phi) is 4.25. The molecule has 0 bridgehead atoms. The van der Waals surface area contributed by atoms with E-state index in [1.54, 1.807) is 5.38 Å². The summed E-state index contributed by atoms with van der Waals surface area (Å²) in [7, 11) is 0. The molecule has 5 heteroatoms. The number of aromatic nitrogens is 2. The lowest BCUT2D eigenvalue weighted by Gasteiger charge is -2.00. The van der Waals surface area contributed by atoms with Crippen molar-refractivity contribution in [1.29, 1.82) is 0 Å². The van der Waals surface area contributed by atoms with E-state index >= 15 is 0 Å². The van der Waals surface area contributed by atoms with Crippen molar-refractivity contribution in [2.75, 3.05) is 0 Å². The third-order valence-corrected chi connectivity index (χ3v) is 4.17. The normalized spacial score (nSPS) is 10.5. The zero-order chi connectivity index (χ0) is 15.4. The smallest absolute Gasteiger partial charge is 0.309 e. The van der Waals surface area contributed by atoms with Crippen LogP contribution in [0, 0.1) is 0 Å². The molecule has 22 heavy (non-hydrogen) atoms. The molecule has 3 aromatic rings. The molecule has 0 saturated heterocycles. The van der Waals surface area contributed by atoms with Crippen LogP contribution in [0.2, 0.25) is 0 Å². The third kappa shape index (κ3) is 3.56. The fourth-order valence-electron chi connectivity index (χ4n) is 2.18. The van der Waals surface area contributed by atoms with Gasteiger partial charge in [0.05, 0.1) is 12.1 Å². The number of hydrogen-bond acceptors (Lipinski definition) is 3. The van der Waals surface area contributed by atoms with Gasteiger partial charge in [0.25, 0.3) is 0 Å². The monoisotopic (exact) mass is 311 g/mol. The third-order valence-electron chi connectivity index (χ3n) is 3.23. The molecule has 0 aliphatic rings. The molecule has 0 amide bonds. The quantitative estimate of drug-likeness (QED) is 0.737. The Balaban J connectivity index is 1.73. The molecular formula is C17H15N2O2S+. The number of aliphatic carboxylic acids is 1. The Labute approximate surface area is 132 Å². The molecule has 0 aliphatic carbocycles. The van der Waals surface area contributed by atoms with Crippen molar-refractivity contribution in [3.8, 4) is 10.6 Å². The molecule has 0 saturated carbocycles. The Bertz CT molecular complexity index is 767. The Hall–Kier alpha value is -2.53. The van der Waals surface area contributed by atoms with Gasteiger partial charge >= 0.3 is 5.97 Å². The van der Waals surface area contributed by atoms with E-state index in [9.17, 15) is 4.79 Å². The van der Waals surface area contributed by atoms with Crippen molar-refractivity contribution in [3.63, 3.8) is 0 Å². The number of rotatable bonds is 5. The van der Waals surface area contributed by atoms with Crippen molar-refractivity contribution >= 4 is 17.3 Å². The van der Waals surface area contributed by atoms with Crippen LogP contribution in [0.3, 0.4) is 0 Å². The molecule has 110 valence electrons. The number of carboxylic acids is 1. The van der Waals surface area contributed by atoms with E-state index in [2.05, 4.69) is 21.7 Å². The molecule has 2 heterocycles. The maximum Gasteiger partial charge on any atom is 0.309 e. The van der Waals surface area contributed by atoms with Gasteiger partial charge in [0.2, 0.25) is 0 Å². The van der Waals surface area contributed by atoms with E-state index in [-0.39, 0.29) is 6.42 Å². The summed E-state index contributed by atoms with van der Waals surface area (Å²) in [5.74, 6) is -0.855. The van der Waals surface area contributed by atoms with E-state index in [1.807, 2.05) is 42.7 Å². The van der Waals surface area contributed by atoms with Gasteiger partial charge in [0, 0.05) is 28.6 Å². The largest absolute Gasteiger partial charge is 0.481 e. The maximum atomic E-state index is 10.7. The Morgan fingerprint density at radius 3 is 2.55 bits per heavy atom. The first kappa shape index (κ1) is 14.4. The fourth-order valence-corrected chi connectivity index (χ4v) is 3.00. The molecule has 1 N–H and O–H groups in total. The van der Waals surface area contributed by atoms with Crippen LogP contribution in [0.25, 0.3) is 10.6 Å². The number of hydrogen-bond donors (Lipinski definition) is 1. The molecule has 0 spiro atoms. The van der Waals surface area contributed by atoms with Crippen LogP contribution in [-0.2, 0) is 17.8 Å². The van der Waals surface area contributed by atoms with Crippen LogP contribution in [0.15, 0.2) is 60.2 Å². The van der Waals surface area contributed by atoms with Gasteiger partial charge in [0.1, 0.15) is 5.01 Å². The second-order valence-electron chi connectivity index (χ2n) is 4.96. The second kappa shape index (κ2) is 6.49. The van der Waals surface area contributed by atoms with Crippen LogP contribution in [0.1, 0.15) is 11.3 Å². The summed E-state index contributed by atoms with van der Waals surface area (Å²) in [6, 6.07) is 14.2. The topological polar surface area (TPSA) is 54.1 Å². The summed E-state index contributed by atoms with van der Waals surface area (Å²) in [6.07, 6.45) is 4.04. The lowest BCUT2D eigenvalue weighted by Crippen LogP contribution is -2.32. The van der Waals surface area contributed by atoms with Crippen molar-refractivity contribution in [1.82, 2.24) is 4.98 Å². The van der Waals surface area contributed by atoms with Gasteiger partial charge in [-0.2, -0.15) is 0 Å². The lowest BCUT2D eigenvalue weighted by atomic mass is 10.1. The van der Waals surface area contributed by atoms with Crippen LogP contribution in [0.4, 0.5) is 0 Å². The fraction of sp³-hybridized carbons (Fsp3) is 0.118. The maximum absolute atomic E-state index is 10.7. The van der Waals surface area contributed by atoms with Crippen molar-refractivity contribution < 1.29 is 14.5 Å². The molecule has 1 aromatic carbocycles. The summed E-state index contributed by atoms with van der Waals surface area (Å²) < 4.78 is 2.11. The number of benzene rings is 1. The Morgan fingerprint density at radius 2 is 1.86 bits per heavy atom. The van der Waals surface area contributed by atoms with Crippen molar-refractivity contribution in [3.05, 3.63) is 71.5 Å². The molecule has 0 fully saturated rings. The summed E-state index contributed by atoms with van der Waals surface area (Å²) in [5, 5.41) is 11.4. The predicted octanol–water partition coefficient (Wildman–Crippen LogP) is 2.77. The van der Waals surface area contributed by atoms with Crippen LogP contribution in [0.5, 0.6) is 0 Å². The highest BCUT2D eigenvalue weighted by Gasteiger charge is 2.08. The standard InChI is InChI=1S/C17H14N2O2S/c20-16(21)10-15-12-22-17(18-15)14-6-4-13(5-7-14)11-19-8-2-1-3-9-19/h1-9,12H,10-11H2/p+1. The van der Waals surface area contributed by atoms with E-state index < -0.39 is 5.97 Å². The van der Waals surface area contributed by atoms with Crippen molar-refractivity contribution in [2.24, 2.45) is 0 Å². The van der Waals surface area contributed by atoms with Crippen LogP contribution >= 0.6 is 11.3 Å². The number of thiazole rings is 1. The van der Waals surface area contributed by atoms with E-state index in [0.717, 1.165) is 17.1 Å². The second-order valence-corrected chi connectivity index (χ2v) is 5.82. The highest BCUT2D eigenvalue weighted by Crippen LogP contribution is 2.24. The van der Waals surface area contributed by atoms with Crippen LogP contribution in [-0.4, -0.2) is 16.1 Å². The molecular weight excluding hydrogens is 296 g/mol. The highest BCUT2D eigenvalue weighted by atomic mass is 32.1. The lowest BCUT2D eigenvalue weighted by molar-refractivity contribution is -0.688. The van der Waals surface area contributed by atoms with Gasteiger partial charge in [-0.3, -0.25) is 4.79 Å². The molecule has 0 unspecified atom stereocenters. The summed E-state index contributed by atoms with van der Waals surface area (Å²) in [5.41, 5.74) is 2.84. The molecule has 2 aromatic heterocycles. The summed E-state index contributed by atoms with van der Waals surface area (Å²) >= 11 is 1.47. The zero-order valence-corrected chi connectivity index (χ0v) is 12.7. The van der Waals surface area contributed by atoms with Gasteiger partial charge in [-0.05, 0) is 0 Å². The zero-order valence-electron chi connectivity index (χ0n) is 11.8. The first-order valence-corrected chi connectivity index (χ1v) is 7.78. The SMILES string of the molecule is O=C(O)Cc1csc(-c2ccc(C[n+]3ccccc3)cc2)n1. The first-order chi connectivity index (χ1) is 10.7.